The summed E-state index contributed by atoms with van der Waals surface area (Å²) < 4.78 is 12.7. The summed E-state index contributed by atoms with van der Waals surface area (Å²) >= 11 is 1.73. The SMILES string of the molecule is Nc1cc(F)ccc1SCCC1CC1. The van der Waals surface area contributed by atoms with Gasteiger partial charge in [0.1, 0.15) is 5.82 Å². The lowest BCUT2D eigenvalue weighted by Gasteiger charge is -2.04. The van der Waals surface area contributed by atoms with Gasteiger partial charge in [-0.15, -0.1) is 11.8 Å². The number of hydrogen-bond donors (Lipinski definition) is 1. The number of thioether (sulfide) groups is 1. The lowest BCUT2D eigenvalue weighted by Crippen LogP contribution is -1.91. The smallest absolute Gasteiger partial charge is 0.125 e. The molecule has 1 aromatic carbocycles. The molecule has 1 saturated carbocycles. The molecule has 1 nitrogen and oxygen atoms in total. The van der Waals surface area contributed by atoms with Gasteiger partial charge in [-0.3, -0.25) is 0 Å². The Bertz CT molecular complexity index is 323. The highest BCUT2D eigenvalue weighted by atomic mass is 32.2. The van der Waals surface area contributed by atoms with Crippen LogP contribution in [0.1, 0.15) is 19.3 Å². The van der Waals surface area contributed by atoms with E-state index in [1.807, 2.05) is 0 Å². The van der Waals surface area contributed by atoms with Crippen molar-refractivity contribution in [1.29, 1.82) is 0 Å². The maximum absolute atomic E-state index is 12.7. The van der Waals surface area contributed by atoms with Crippen molar-refractivity contribution in [3.05, 3.63) is 24.0 Å². The molecule has 14 heavy (non-hydrogen) atoms. The Morgan fingerprint density at radius 1 is 1.43 bits per heavy atom. The first-order valence-electron chi connectivity index (χ1n) is 4.93. The molecule has 2 rings (SSSR count). The molecule has 1 aliphatic carbocycles. The Labute approximate surface area is 87.9 Å². The second kappa shape index (κ2) is 4.22. The Balaban J connectivity index is 1.87. The number of halogens is 1. The fourth-order valence-corrected chi connectivity index (χ4v) is 2.45. The van der Waals surface area contributed by atoms with Gasteiger partial charge in [0.2, 0.25) is 0 Å². The molecular formula is C11H14FNS. The van der Waals surface area contributed by atoms with E-state index in [4.69, 9.17) is 5.73 Å². The Hall–Kier alpha value is -0.700. The highest BCUT2D eigenvalue weighted by Crippen LogP contribution is 2.35. The molecule has 0 saturated heterocycles. The highest BCUT2D eigenvalue weighted by Gasteiger charge is 2.20. The first-order chi connectivity index (χ1) is 6.75. The third-order valence-corrected chi connectivity index (χ3v) is 3.58. The van der Waals surface area contributed by atoms with Gasteiger partial charge in [0, 0.05) is 10.6 Å². The zero-order valence-corrected chi connectivity index (χ0v) is 8.82. The van der Waals surface area contributed by atoms with Gasteiger partial charge < -0.3 is 5.73 Å². The zero-order valence-electron chi connectivity index (χ0n) is 8.00. The van der Waals surface area contributed by atoms with Crippen LogP contribution in [0.15, 0.2) is 23.1 Å². The zero-order chi connectivity index (χ0) is 9.97. The van der Waals surface area contributed by atoms with E-state index in [2.05, 4.69) is 0 Å². The summed E-state index contributed by atoms with van der Waals surface area (Å²) in [6.07, 6.45) is 4.04. The summed E-state index contributed by atoms with van der Waals surface area (Å²) in [5.41, 5.74) is 6.25. The third kappa shape index (κ3) is 2.64. The Kier molecular flexibility index (Phi) is 2.96. The first-order valence-corrected chi connectivity index (χ1v) is 5.92. The van der Waals surface area contributed by atoms with Crippen molar-refractivity contribution in [1.82, 2.24) is 0 Å². The molecule has 1 aliphatic rings. The summed E-state index contributed by atoms with van der Waals surface area (Å²) in [4.78, 5) is 1.01. The monoisotopic (exact) mass is 211 g/mol. The van der Waals surface area contributed by atoms with Crippen molar-refractivity contribution in [2.45, 2.75) is 24.2 Å². The standard InChI is InChI=1S/C11H14FNS/c12-9-3-4-11(10(13)7-9)14-6-5-8-1-2-8/h3-4,7-8H,1-2,5-6,13H2. The molecule has 0 radical (unpaired) electrons. The fourth-order valence-electron chi connectivity index (χ4n) is 1.39. The van der Waals surface area contributed by atoms with Crippen molar-refractivity contribution in [2.75, 3.05) is 11.5 Å². The van der Waals surface area contributed by atoms with Gasteiger partial charge in [-0.05, 0) is 36.3 Å². The van der Waals surface area contributed by atoms with Crippen molar-refractivity contribution >= 4 is 17.4 Å². The summed E-state index contributed by atoms with van der Waals surface area (Å²) in [6, 6.07) is 4.62. The van der Waals surface area contributed by atoms with Gasteiger partial charge in [-0.2, -0.15) is 0 Å². The molecule has 0 spiro atoms. The van der Waals surface area contributed by atoms with Crippen molar-refractivity contribution in [2.24, 2.45) is 5.92 Å². The fraction of sp³-hybridized carbons (Fsp3) is 0.455. The molecule has 76 valence electrons. The van der Waals surface area contributed by atoms with Crippen LogP contribution < -0.4 is 5.73 Å². The quantitative estimate of drug-likeness (QED) is 0.611. The molecule has 0 atom stereocenters. The maximum atomic E-state index is 12.7. The van der Waals surface area contributed by atoms with E-state index in [9.17, 15) is 4.39 Å². The van der Waals surface area contributed by atoms with Crippen LogP contribution in [-0.4, -0.2) is 5.75 Å². The summed E-state index contributed by atoms with van der Waals surface area (Å²) in [5, 5.41) is 0. The van der Waals surface area contributed by atoms with Gasteiger partial charge in [0.25, 0.3) is 0 Å². The summed E-state index contributed by atoms with van der Waals surface area (Å²) in [5.74, 6) is 1.79. The lowest BCUT2D eigenvalue weighted by atomic mass is 10.3. The van der Waals surface area contributed by atoms with E-state index in [0.29, 0.717) is 5.69 Å². The summed E-state index contributed by atoms with van der Waals surface area (Å²) in [6.45, 7) is 0. The van der Waals surface area contributed by atoms with Crippen molar-refractivity contribution in [3.63, 3.8) is 0 Å². The van der Waals surface area contributed by atoms with Crippen LogP contribution in [0.3, 0.4) is 0 Å². The molecule has 0 amide bonds. The molecular weight excluding hydrogens is 197 g/mol. The molecule has 1 fully saturated rings. The largest absolute Gasteiger partial charge is 0.398 e. The average Bonchev–Trinajstić information content (AvgIpc) is 2.92. The summed E-state index contributed by atoms with van der Waals surface area (Å²) in [7, 11) is 0. The van der Waals surface area contributed by atoms with E-state index < -0.39 is 0 Å². The average molecular weight is 211 g/mol. The van der Waals surface area contributed by atoms with E-state index in [0.717, 1.165) is 16.6 Å². The predicted octanol–water partition coefficient (Wildman–Crippen LogP) is 3.30. The van der Waals surface area contributed by atoms with Gasteiger partial charge in [-0.25, -0.2) is 4.39 Å². The number of hydrogen-bond acceptors (Lipinski definition) is 2. The normalized spacial score (nSPS) is 15.8. The first kappa shape index (κ1) is 9.84. The number of benzene rings is 1. The lowest BCUT2D eigenvalue weighted by molar-refractivity contribution is 0.627. The number of rotatable bonds is 4. The van der Waals surface area contributed by atoms with E-state index >= 15 is 0 Å². The van der Waals surface area contributed by atoms with Crippen LogP contribution in [0.4, 0.5) is 10.1 Å². The molecule has 0 unspecified atom stereocenters. The van der Waals surface area contributed by atoms with Crippen molar-refractivity contribution < 1.29 is 4.39 Å². The number of nitrogens with two attached hydrogens (primary N) is 1. The second-order valence-electron chi connectivity index (χ2n) is 3.76. The van der Waals surface area contributed by atoms with E-state index in [1.54, 1.807) is 17.8 Å². The van der Waals surface area contributed by atoms with Gasteiger partial charge >= 0.3 is 0 Å². The Morgan fingerprint density at radius 2 is 2.21 bits per heavy atom. The van der Waals surface area contributed by atoms with Crippen LogP contribution in [-0.2, 0) is 0 Å². The number of nitrogen functional groups attached to an aromatic ring is 1. The van der Waals surface area contributed by atoms with Crippen molar-refractivity contribution in [3.8, 4) is 0 Å². The minimum Gasteiger partial charge on any atom is -0.398 e. The molecule has 3 heteroatoms. The topological polar surface area (TPSA) is 26.0 Å². The van der Waals surface area contributed by atoms with E-state index in [1.165, 1.54) is 31.4 Å². The minimum atomic E-state index is -0.256. The van der Waals surface area contributed by atoms with Crippen LogP contribution in [0.2, 0.25) is 0 Å². The van der Waals surface area contributed by atoms with Gasteiger partial charge in [-0.1, -0.05) is 12.8 Å². The second-order valence-corrected chi connectivity index (χ2v) is 4.90. The molecule has 0 aromatic heterocycles. The van der Waals surface area contributed by atoms with Crippen LogP contribution >= 0.6 is 11.8 Å². The number of anilines is 1. The highest BCUT2D eigenvalue weighted by molar-refractivity contribution is 7.99. The predicted molar refractivity (Wildman–Crippen MR) is 58.9 cm³/mol. The third-order valence-electron chi connectivity index (χ3n) is 2.45. The van der Waals surface area contributed by atoms with Crippen LogP contribution in [0.5, 0.6) is 0 Å². The van der Waals surface area contributed by atoms with E-state index in [-0.39, 0.29) is 5.82 Å². The van der Waals surface area contributed by atoms with Crippen LogP contribution in [0.25, 0.3) is 0 Å². The Morgan fingerprint density at radius 3 is 2.86 bits per heavy atom. The maximum Gasteiger partial charge on any atom is 0.125 e. The molecule has 2 N–H and O–H groups in total. The molecule has 1 aromatic rings. The molecule has 0 aliphatic heterocycles. The van der Waals surface area contributed by atoms with Gasteiger partial charge in [0.05, 0.1) is 0 Å². The molecule has 0 bridgehead atoms. The van der Waals surface area contributed by atoms with Crippen LogP contribution in [0, 0.1) is 11.7 Å². The van der Waals surface area contributed by atoms with Gasteiger partial charge in [0.15, 0.2) is 0 Å². The minimum absolute atomic E-state index is 0.256. The molecule has 0 heterocycles.